The molecule has 0 saturated carbocycles. The van der Waals surface area contributed by atoms with Crippen molar-refractivity contribution in [2.45, 2.75) is 24.8 Å². The van der Waals surface area contributed by atoms with Gasteiger partial charge in [-0.2, -0.15) is 26.3 Å². The van der Waals surface area contributed by atoms with Gasteiger partial charge in [0.15, 0.2) is 0 Å². The van der Waals surface area contributed by atoms with Crippen LogP contribution in [0.3, 0.4) is 0 Å². The fourth-order valence-electron chi connectivity index (χ4n) is 4.46. The lowest BCUT2D eigenvalue weighted by Crippen LogP contribution is -2.52. The van der Waals surface area contributed by atoms with Crippen molar-refractivity contribution in [1.29, 1.82) is 0 Å². The minimum atomic E-state index is -4.87. The lowest BCUT2D eigenvalue weighted by Gasteiger charge is -2.38. The van der Waals surface area contributed by atoms with Gasteiger partial charge in [-0.1, -0.05) is 11.6 Å². The van der Waals surface area contributed by atoms with Gasteiger partial charge in [-0.05, 0) is 48.9 Å². The molecule has 2 aliphatic rings. The van der Waals surface area contributed by atoms with E-state index < -0.39 is 23.5 Å². The van der Waals surface area contributed by atoms with E-state index in [0.717, 1.165) is 12.1 Å². The molecule has 2 aromatic rings. The molecule has 11 heteroatoms. The highest BCUT2D eigenvalue weighted by Gasteiger charge is 2.38. The van der Waals surface area contributed by atoms with Crippen LogP contribution < -0.4 is 4.90 Å². The third-order valence-electron chi connectivity index (χ3n) is 6.31. The maximum atomic E-state index is 13.2. The van der Waals surface area contributed by atoms with Crippen LogP contribution in [0.1, 0.15) is 27.9 Å². The van der Waals surface area contributed by atoms with Crippen molar-refractivity contribution in [2.75, 3.05) is 44.2 Å². The van der Waals surface area contributed by atoms with Crippen molar-refractivity contribution in [3.63, 3.8) is 0 Å². The number of hydrogen-bond donors (Lipinski definition) is 0. The van der Waals surface area contributed by atoms with Gasteiger partial charge in [0, 0.05) is 61.6 Å². The molecule has 0 aromatic heterocycles. The van der Waals surface area contributed by atoms with Gasteiger partial charge in [0.25, 0.3) is 5.91 Å². The standard InChI is InChI=1S/C23H22ClF6N3O/c24-18-3-1-15(2-4-18)21(34)32-9-7-31(8-10-32)19-5-6-33(14-19)20-12-16(22(25,26)27)11-17(13-20)23(28,29)30/h1-4,11-13,19H,5-10,14H2. The Morgan fingerprint density at radius 1 is 0.824 bits per heavy atom. The summed E-state index contributed by atoms with van der Waals surface area (Å²) in [6.45, 7) is 2.80. The average Bonchev–Trinajstić information content (AvgIpc) is 3.28. The second-order valence-corrected chi connectivity index (χ2v) is 8.92. The quantitative estimate of drug-likeness (QED) is 0.522. The van der Waals surface area contributed by atoms with E-state index in [1.165, 1.54) is 0 Å². The number of carbonyl (C=O) groups is 1. The molecule has 4 rings (SSSR count). The van der Waals surface area contributed by atoms with Crippen molar-refractivity contribution < 1.29 is 31.1 Å². The summed E-state index contributed by atoms with van der Waals surface area (Å²) in [6.07, 6.45) is -9.13. The highest BCUT2D eigenvalue weighted by Crippen LogP contribution is 2.39. The molecule has 1 atom stereocenters. The third-order valence-corrected chi connectivity index (χ3v) is 6.56. The van der Waals surface area contributed by atoms with Gasteiger partial charge < -0.3 is 9.80 Å². The van der Waals surface area contributed by atoms with E-state index in [2.05, 4.69) is 4.90 Å². The Hall–Kier alpha value is -2.46. The molecule has 1 unspecified atom stereocenters. The van der Waals surface area contributed by atoms with E-state index >= 15 is 0 Å². The smallest absolute Gasteiger partial charge is 0.370 e. The van der Waals surface area contributed by atoms with Gasteiger partial charge in [0.05, 0.1) is 11.1 Å². The van der Waals surface area contributed by atoms with Gasteiger partial charge in [-0.25, -0.2) is 0 Å². The number of carbonyl (C=O) groups excluding carboxylic acids is 1. The van der Waals surface area contributed by atoms with Gasteiger partial charge in [-0.15, -0.1) is 0 Å². The second kappa shape index (κ2) is 9.30. The van der Waals surface area contributed by atoms with E-state index in [1.807, 2.05) is 0 Å². The van der Waals surface area contributed by atoms with E-state index in [1.54, 1.807) is 34.1 Å². The van der Waals surface area contributed by atoms with Crippen LogP contribution in [0.5, 0.6) is 0 Å². The Labute approximate surface area is 197 Å². The molecule has 0 aliphatic carbocycles. The van der Waals surface area contributed by atoms with Crippen molar-refractivity contribution >= 4 is 23.2 Å². The lowest BCUT2D eigenvalue weighted by molar-refractivity contribution is -0.143. The van der Waals surface area contributed by atoms with Gasteiger partial charge in [0.1, 0.15) is 0 Å². The molecular weight excluding hydrogens is 484 g/mol. The Balaban J connectivity index is 1.41. The number of nitrogens with zero attached hydrogens (tertiary/aromatic N) is 3. The third kappa shape index (κ3) is 5.43. The van der Waals surface area contributed by atoms with Crippen LogP contribution in [-0.4, -0.2) is 61.0 Å². The highest BCUT2D eigenvalue weighted by molar-refractivity contribution is 6.30. The number of piperazine rings is 1. The zero-order chi connectivity index (χ0) is 24.7. The molecular formula is C23H22ClF6N3O. The van der Waals surface area contributed by atoms with Crippen molar-refractivity contribution in [3.8, 4) is 0 Å². The molecule has 2 heterocycles. The van der Waals surface area contributed by atoms with Gasteiger partial charge >= 0.3 is 12.4 Å². The van der Waals surface area contributed by atoms with Crippen LogP contribution >= 0.6 is 11.6 Å². The van der Waals surface area contributed by atoms with Crippen LogP contribution in [0, 0.1) is 0 Å². The first kappa shape index (κ1) is 24.7. The lowest BCUT2D eigenvalue weighted by atomic mass is 10.1. The summed E-state index contributed by atoms with van der Waals surface area (Å²) in [4.78, 5) is 18.1. The Kier molecular flexibility index (Phi) is 6.74. The maximum Gasteiger partial charge on any atom is 0.416 e. The number of benzene rings is 2. The first-order valence-corrected chi connectivity index (χ1v) is 11.1. The molecule has 2 aromatic carbocycles. The Morgan fingerprint density at radius 3 is 1.91 bits per heavy atom. The predicted molar refractivity (Wildman–Crippen MR) is 116 cm³/mol. The minimum Gasteiger partial charge on any atom is -0.370 e. The minimum absolute atomic E-state index is 0.0170. The number of rotatable bonds is 3. The average molecular weight is 506 g/mol. The summed E-state index contributed by atoms with van der Waals surface area (Å²) in [5.41, 5.74) is -2.17. The zero-order valence-electron chi connectivity index (χ0n) is 18.0. The first-order chi connectivity index (χ1) is 15.9. The molecule has 2 fully saturated rings. The summed E-state index contributed by atoms with van der Waals surface area (Å²) in [7, 11) is 0. The number of anilines is 1. The fourth-order valence-corrected chi connectivity index (χ4v) is 4.59. The second-order valence-electron chi connectivity index (χ2n) is 8.49. The van der Waals surface area contributed by atoms with Gasteiger partial charge in [-0.3, -0.25) is 9.69 Å². The van der Waals surface area contributed by atoms with Crippen LogP contribution in [0.15, 0.2) is 42.5 Å². The summed E-state index contributed by atoms with van der Waals surface area (Å²) < 4.78 is 79.2. The largest absolute Gasteiger partial charge is 0.416 e. The normalized spacial score (nSPS) is 20.1. The molecule has 1 amide bonds. The molecule has 2 saturated heterocycles. The topological polar surface area (TPSA) is 26.8 Å². The van der Waals surface area contributed by atoms with Crippen LogP contribution in [0.25, 0.3) is 0 Å². The number of hydrogen-bond acceptors (Lipinski definition) is 3. The summed E-state index contributed by atoms with van der Waals surface area (Å²) >= 11 is 5.86. The van der Waals surface area contributed by atoms with E-state index in [-0.39, 0.29) is 23.7 Å². The Bertz CT molecular complexity index is 1000. The van der Waals surface area contributed by atoms with Gasteiger partial charge in [0.2, 0.25) is 0 Å². The molecule has 0 N–H and O–H groups in total. The molecule has 0 bridgehead atoms. The predicted octanol–water partition coefficient (Wildman–Crippen LogP) is 5.41. The monoisotopic (exact) mass is 505 g/mol. The van der Waals surface area contributed by atoms with Crippen LogP contribution in [0.4, 0.5) is 32.0 Å². The van der Waals surface area contributed by atoms with E-state index in [0.29, 0.717) is 56.3 Å². The van der Waals surface area contributed by atoms with E-state index in [9.17, 15) is 31.1 Å². The number of halogens is 7. The zero-order valence-corrected chi connectivity index (χ0v) is 18.7. The Morgan fingerprint density at radius 2 is 1.38 bits per heavy atom. The molecule has 2 aliphatic heterocycles. The van der Waals surface area contributed by atoms with Crippen LogP contribution in [0.2, 0.25) is 5.02 Å². The highest BCUT2D eigenvalue weighted by atomic mass is 35.5. The molecule has 0 spiro atoms. The first-order valence-electron chi connectivity index (χ1n) is 10.7. The number of amides is 1. The molecule has 0 radical (unpaired) electrons. The van der Waals surface area contributed by atoms with Crippen LogP contribution in [-0.2, 0) is 12.4 Å². The van der Waals surface area contributed by atoms with Crippen molar-refractivity contribution in [1.82, 2.24) is 9.80 Å². The molecule has 34 heavy (non-hydrogen) atoms. The van der Waals surface area contributed by atoms with Crippen molar-refractivity contribution in [2.24, 2.45) is 0 Å². The summed E-state index contributed by atoms with van der Waals surface area (Å²) in [5.74, 6) is -0.104. The summed E-state index contributed by atoms with van der Waals surface area (Å²) in [6, 6.07) is 8.31. The molecule has 184 valence electrons. The molecule has 4 nitrogen and oxygen atoms in total. The van der Waals surface area contributed by atoms with Crippen molar-refractivity contribution in [3.05, 3.63) is 64.2 Å². The summed E-state index contributed by atoms with van der Waals surface area (Å²) in [5, 5.41) is 0.537. The number of alkyl halides is 6. The maximum absolute atomic E-state index is 13.2. The van der Waals surface area contributed by atoms with E-state index in [4.69, 9.17) is 11.6 Å². The SMILES string of the molecule is O=C(c1ccc(Cl)cc1)N1CCN(C2CCN(c3cc(C(F)(F)F)cc(C(F)(F)F)c3)C2)CC1. The fraction of sp³-hybridized carbons (Fsp3) is 0.435.